The summed E-state index contributed by atoms with van der Waals surface area (Å²) in [6.45, 7) is 0.784. The molecule has 1 N–H and O–H groups in total. The Morgan fingerprint density at radius 3 is 3.00 bits per heavy atom. The Hall–Kier alpha value is -1.81. The standard InChI is InChI=1S/C15H18N2O2/c1-18-15-4-2-3-11(9-15)12-7-14(8-12)16-10-13-5-6-19-17-13/h2-6,9,12,14,16H,7-8,10H2,1H3. The summed E-state index contributed by atoms with van der Waals surface area (Å²) in [5.74, 6) is 1.58. The summed E-state index contributed by atoms with van der Waals surface area (Å²) < 4.78 is 10.1. The second kappa shape index (κ2) is 5.45. The lowest BCUT2D eigenvalue weighted by Gasteiger charge is -2.36. The fourth-order valence-corrected chi connectivity index (χ4v) is 2.53. The Morgan fingerprint density at radius 2 is 2.26 bits per heavy atom. The molecule has 0 spiro atoms. The van der Waals surface area contributed by atoms with E-state index in [1.54, 1.807) is 13.4 Å². The third kappa shape index (κ3) is 2.79. The fourth-order valence-electron chi connectivity index (χ4n) is 2.53. The monoisotopic (exact) mass is 258 g/mol. The van der Waals surface area contributed by atoms with Gasteiger partial charge in [0.05, 0.1) is 12.8 Å². The number of nitrogens with zero attached hydrogens (tertiary/aromatic N) is 1. The molecule has 1 aromatic carbocycles. The molecule has 0 aliphatic heterocycles. The average molecular weight is 258 g/mol. The van der Waals surface area contributed by atoms with Gasteiger partial charge in [-0.2, -0.15) is 0 Å². The van der Waals surface area contributed by atoms with E-state index in [-0.39, 0.29) is 0 Å². The first kappa shape index (κ1) is 12.2. The van der Waals surface area contributed by atoms with Crippen molar-refractivity contribution < 1.29 is 9.26 Å². The molecule has 1 saturated carbocycles. The van der Waals surface area contributed by atoms with Crippen molar-refractivity contribution in [1.29, 1.82) is 0 Å². The zero-order valence-electron chi connectivity index (χ0n) is 11.0. The number of ether oxygens (including phenoxy) is 1. The molecule has 4 heteroatoms. The lowest BCUT2D eigenvalue weighted by molar-refractivity contribution is 0.285. The van der Waals surface area contributed by atoms with Crippen LogP contribution in [0.3, 0.4) is 0 Å². The first-order valence-corrected chi connectivity index (χ1v) is 6.62. The number of aromatic nitrogens is 1. The first-order chi connectivity index (χ1) is 9.35. The van der Waals surface area contributed by atoms with E-state index in [9.17, 15) is 0 Å². The number of methoxy groups -OCH3 is 1. The van der Waals surface area contributed by atoms with Gasteiger partial charge in [0.15, 0.2) is 0 Å². The molecule has 1 aliphatic rings. The molecular weight excluding hydrogens is 240 g/mol. The summed E-state index contributed by atoms with van der Waals surface area (Å²) in [5, 5.41) is 7.39. The Labute approximate surface area is 112 Å². The van der Waals surface area contributed by atoms with Gasteiger partial charge in [0, 0.05) is 18.7 Å². The lowest BCUT2D eigenvalue weighted by atomic mass is 9.76. The quantitative estimate of drug-likeness (QED) is 0.895. The van der Waals surface area contributed by atoms with Crippen LogP contribution in [0.15, 0.2) is 41.1 Å². The molecule has 0 amide bonds. The van der Waals surface area contributed by atoms with Gasteiger partial charge in [-0.05, 0) is 36.5 Å². The van der Waals surface area contributed by atoms with Crippen molar-refractivity contribution >= 4 is 0 Å². The average Bonchev–Trinajstić information content (AvgIpc) is 2.90. The molecule has 3 rings (SSSR count). The highest BCUT2D eigenvalue weighted by atomic mass is 16.5. The van der Waals surface area contributed by atoms with Crippen molar-refractivity contribution in [1.82, 2.24) is 10.5 Å². The zero-order valence-corrected chi connectivity index (χ0v) is 11.0. The molecule has 1 aliphatic carbocycles. The van der Waals surface area contributed by atoms with Crippen LogP contribution in [0.1, 0.15) is 30.0 Å². The summed E-state index contributed by atoms with van der Waals surface area (Å²) in [4.78, 5) is 0. The van der Waals surface area contributed by atoms with Gasteiger partial charge in [-0.25, -0.2) is 0 Å². The minimum atomic E-state index is 0.577. The molecule has 1 heterocycles. The number of nitrogens with one attached hydrogen (secondary N) is 1. The van der Waals surface area contributed by atoms with Crippen molar-refractivity contribution in [2.24, 2.45) is 0 Å². The number of benzene rings is 1. The van der Waals surface area contributed by atoms with Crippen molar-refractivity contribution in [3.05, 3.63) is 47.9 Å². The maximum atomic E-state index is 5.26. The lowest BCUT2D eigenvalue weighted by Crippen LogP contribution is -2.39. The van der Waals surface area contributed by atoms with E-state index in [1.807, 2.05) is 12.1 Å². The topological polar surface area (TPSA) is 47.3 Å². The highest BCUT2D eigenvalue weighted by Crippen LogP contribution is 2.37. The van der Waals surface area contributed by atoms with E-state index in [1.165, 1.54) is 18.4 Å². The highest BCUT2D eigenvalue weighted by molar-refractivity contribution is 5.32. The maximum Gasteiger partial charge on any atom is 0.124 e. The molecule has 0 atom stereocenters. The Kier molecular flexibility index (Phi) is 3.51. The van der Waals surface area contributed by atoms with Gasteiger partial charge < -0.3 is 14.6 Å². The van der Waals surface area contributed by atoms with Crippen LogP contribution in [-0.2, 0) is 6.54 Å². The highest BCUT2D eigenvalue weighted by Gasteiger charge is 2.30. The molecule has 100 valence electrons. The molecule has 4 nitrogen and oxygen atoms in total. The van der Waals surface area contributed by atoms with Crippen LogP contribution < -0.4 is 10.1 Å². The van der Waals surface area contributed by atoms with E-state index in [4.69, 9.17) is 9.26 Å². The summed E-state index contributed by atoms with van der Waals surface area (Å²) >= 11 is 0. The van der Waals surface area contributed by atoms with E-state index < -0.39 is 0 Å². The molecule has 0 unspecified atom stereocenters. The van der Waals surface area contributed by atoms with Crippen molar-refractivity contribution in [2.75, 3.05) is 7.11 Å². The largest absolute Gasteiger partial charge is 0.497 e. The van der Waals surface area contributed by atoms with Crippen LogP contribution in [0.5, 0.6) is 5.75 Å². The second-order valence-corrected chi connectivity index (χ2v) is 5.01. The van der Waals surface area contributed by atoms with Gasteiger partial charge >= 0.3 is 0 Å². The van der Waals surface area contributed by atoms with Crippen LogP contribution in [-0.4, -0.2) is 18.3 Å². The van der Waals surface area contributed by atoms with Gasteiger partial charge in [-0.3, -0.25) is 0 Å². The molecule has 19 heavy (non-hydrogen) atoms. The third-order valence-corrected chi connectivity index (χ3v) is 3.77. The maximum absolute atomic E-state index is 5.26. The van der Waals surface area contributed by atoms with Crippen LogP contribution in [0, 0.1) is 0 Å². The SMILES string of the molecule is COc1cccc(C2CC(NCc3ccon3)C2)c1. The number of hydrogen-bond acceptors (Lipinski definition) is 4. The minimum absolute atomic E-state index is 0.577. The zero-order chi connectivity index (χ0) is 13.1. The van der Waals surface area contributed by atoms with E-state index >= 15 is 0 Å². The van der Waals surface area contributed by atoms with Gasteiger partial charge in [-0.15, -0.1) is 0 Å². The third-order valence-electron chi connectivity index (χ3n) is 3.77. The molecular formula is C15H18N2O2. The van der Waals surface area contributed by atoms with Gasteiger partial charge in [-0.1, -0.05) is 17.3 Å². The van der Waals surface area contributed by atoms with Gasteiger partial charge in [0.2, 0.25) is 0 Å². The molecule has 1 fully saturated rings. The van der Waals surface area contributed by atoms with Crippen LogP contribution in [0.2, 0.25) is 0 Å². The number of rotatable bonds is 5. The number of hydrogen-bond donors (Lipinski definition) is 1. The predicted octanol–water partition coefficient (Wildman–Crippen LogP) is 2.72. The normalized spacial score (nSPS) is 21.9. The van der Waals surface area contributed by atoms with Crippen molar-refractivity contribution in [3.63, 3.8) is 0 Å². The Bertz CT molecular complexity index is 519. The molecule has 0 saturated heterocycles. The van der Waals surface area contributed by atoms with Gasteiger partial charge in [0.25, 0.3) is 0 Å². The second-order valence-electron chi connectivity index (χ2n) is 5.01. The van der Waals surface area contributed by atoms with Crippen LogP contribution in [0.4, 0.5) is 0 Å². The molecule has 1 aromatic heterocycles. The molecule has 0 radical (unpaired) electrons. The smallest absolute Gasteiger partial charge is 0.124 e. The Balaban J connectivity index is 1.49. The van der Waals surface area contributed by atoms with Crippen LogP contribution in [0.25, 0.3) is 0 Å². The predicted molar refractivity (Wildman–Crippen MR) is 72.1 cm³/mol. The van der Waals surface area contributed by atoms with E-state index in [2.05, 4.69) is 28.7 Å². The van der Waals surface area contributed by atoms with Crippen molar-refractivity contribution in [3.8, 4) is 5.75 Å². The Morgan fingerprint density at radius 1 is 1.37 bits per heavy atom. The fraction of sp³-hybridized carbons (Fsp3) is 0.400. The first-order valence-electron chi connectivity index (χ1n) is 6.62. The summed E-state index contributed by atoms with van der Waals surface area (Å²) in [6, 6.07) is 10.8. The van der Waals surface area contributed by atoms with E-state index in [0.717, 1.165) is 18.0 Å². The summed E-state index contributed by atoms with van der Waals surface area (Å²) in [6.07, 6.45) is 3.95. The summed E-state index contributed by atoms with van der Waals surface area (Å²) in [7, 11) is 1.71. The van der Waals surface area contributed by atoms with Crippen LogP contribution >= 0.6 is 0 Å². The summed E-state index contributed by atoms with van der Waals surface area (Å²) in [5.41, 5.74) is 2.34. The minimum Gasteiger partial charge on any atom is -0.497 e. The molecule has 2 aromatic rings. The van der Waals surface area contributed by atoms with Gasteiger partial charge in [0.1, 0.15) is 12.0 Å². The molecule has 0 bridgehead atoms. The van der Waals surface area contributed by atoms with E-state index in [0.29, 0.717) is 12.0 Å². The van der Waals surface area contributed by atoms with Crippen molar-refractivity contribution in [2.45, 2.75) is 31.3 Å².